The molecule has 0 N–H and O–H groups in total. The van der Waals surface area contributed by atoms with Crippen LogP contribution in [0.3, 0.4) is 0 Å². The van der Waals surface area contributed by atoms with Gasteiger partial charge in [-0.25, -0.2) is 14.3 Å². The fourth-order valence-corrected chi connectivity index (χ4v) is 3.85. The molecule has 8 heteroatoms. The smallest absolute Gasteiger partial charge is 0.345 e. The van der Waals surface area contributed by atoms with Gasteiger partial charge < -0.3 is 9.47 Å². The Hall–Kier alpha value is -2.45. The highest BCUT2D eigenvalue weighted by molar-refractivity contribution is 5.89. The molecule has 0 spiro atoms. The van der Waals surface area contributed by atoms with Crippen LogP contribution in [0.4, 0.5) is 0 Å². The predicted octanol–water partition coefficient (Wildman–Crippen LogP) is 1.88. The molecule has 0 amide bonds. The monoisotopic (exact) mass is 402 g/mol. The summed E-state index contributed by atoms with van der Waals surface area (Å²) in [6.07, 6.45) is 1.95. The van der Waals surface area contributed by atoms with E-state index >= 15 is 0 Å². The lowest BCUT2D eigenvalue weighted by Crippen LogP contribution is -2.33. The average Bonchev–Trinajstić information content (AvgIpc) is 3.08. The summed E-state index contributed by atoms with van der Waals surface area (Å²) in [7, 11) is 3.01. The number of rotatable bonds is 8. The van der Waals surface area contributed by atoms with Gasteiger partial charge in [-0.15, -0.1) is 0 Å². The van der Waals surface area contributed by atoms with E-state index in [2.05, 4.69) is 10.00 Å². The number of hydrogen-bond donors (Lipinski definition) is 0. The quantitative estimate of drug-likeness (QED) is 0.628. The van der Waals surface area contributed by atoms with Gasteiger partial charge in [0.2, 0.25) is 0 Å². The van der Waals surface area contributed by atoms with Crippen LogP contribution >= 0.6 is 0 Å². The lowest BCUT2D eigenvalue weighted by Gasteiger charge is -2.31. The standard InChI is InChI=1S/C21H30N4O4/c1-4-24-19(22-25(21(24)27)13-14-28-2)17-9-11-23(12-10-17)15-16-5-7-18(8-6-16)20(26)29-3/h5-8,17H,4,9-15H2,1-3H3. The molecule has 1 aromatic heterocycles. The molecule has 0 bridgehead atoms. The molecule has 0 unspecified atom stereocenters. The van der Waals surface area contributed by atoms with Crippen molar-refractivity contribution in [1.29, 1.82) is 0 Å². The van der Waals surface area contributed by atoms with E-state index in [0.29, 0.717) is 31.2 Å². The number of carbonyl (C=O) groups excluding carboxylic acids is 1. The zero-order valence-corrected chi connectivity index (χ0v) is 17.5. The Bertz CT molecular complexity index is 864. The van der Waals surface area contributed by atoms with Crippen molar-refractivity contribution in [3.63, 3.8) is 0 Å². The summed E-state index contributed by atoms with van der Waals surface area (Å²) in [5.41, 5.74) is 1.69. The highest BCUT2D eigenvalue weighted by atomic mass is 16.5. The molecule has 0 radical (unpaired) electrons. The first-order chi connectivity index (χ1) is 14.1. The van der Waals surface area contributed by atoms with Crippen molar-refractivity contribution in [2.75, 3.05) is 33.9 Å². The molecule has 1 aromatic carbocycles. The first-order valence-electron chi connectivity index (χ1n) is 10.1. The Morgan fingerprint density at radius 1 is 1.17 bits per heavy atom. The van der Waals surface area contributed by atoms with Gasteiger partial charge in [-0.3, -0.25) is 9.47 Å². The van der Waals surface area contributed by atoms with E-state index in [1.165, 1.54) is 17.4 Å². The van der Waals surface area contributed by atoms with Crippen LogP contribution in [0.25, 0.3) is 0 Å². The third kappa shape index (κ3) is 4.94. The Morgan fingerprint density at radius 3 is 2.45 bits per heavy atom. The SMILES string of the molecule is CCn1c(C2CCN(Cc3ccc(C(=O)OC)cc3)CC2)nn(CCOC)c1=O. The number of esters is 1. The Morgan fingerprint density at radius 2 is 1.86 bits per heavy atom. The molecule has 3 rings (SSSR count). The fourth-order valence-electron chi connectivity index (χ4n) is 3.85. The second-order valence-corrected chi connectivity index (χ2v) is 7.34. The molecule has 2 heterocycles. The fraction of sp³-hybridized carbons (Fsp3) is 0.571. The van der Waals surface area contributed by atoms with Gasteiger partial charge in [0.15, 0.2) is 0 Å². The van der Waals surface area contributed by atoms with Gasteiger partial charge in [-0.1, -0.05) is 12.1 Å². The number of hydrogen-bond acceptors (Lipinski definition) is 6. The number of aromatic nitrogens is 3. The number of ether oxygens (including phenoxy) is 2. The molecule has 1 aliphatic heterocycles. The van der Waals surface area contributed by atoms with Crippen LogP contribution in [-0.4, -0.2) is 59.1 Å². The van der Waals surface area contributed by atoms with E-state index in [1.807, 2.05) is 19.1 Å². The van der Waals surface area contributed by atoms with Gasteiger partial charge in [0.25, 0.3) is 0 Å². The summed E-state index contributed by atoms with van der Waals surface area (Å²) < 4.78 is 13.1. The molecule has 1 aliphatic rings. The first-order valence-corrected chi connectivity index (χ1v) is 10.1. The number of likely N-dealkylation sites (tertiary alicyclic amines) is 1. The van der Waals surface area contributed by atoms with Gasteiger partial charge >= 0.3 is 11.7 Å². The van der Waals surface area contributed by atoms with E-state index in [9.17, 15) is 9.59 Å². The van der Waals surface area contributed by atoms with Gasteiger partial charge in [-0.05, 0) is 50.6 Å². The molecule has 158 valence electrons. The van der Waals surface area contributed by atoms with Crippen LogP contribution in [0, 0.1) is 0 Å². The van der Waals surface area contributed by atoms with E-state index in [1.54, 1.807) is 23.8 Å². The molecule has 0 saturated carbocycles. The summed E-state index contributed by atoms with van der Waals surface area (Å²) in [6.45, 7) is 6.33. The minimum absolute atomic E-state index is 0.0484. The summed E-state index contributed by atoms with van der Waals surface area (Å²) in [4.78, 5) is 26.5. The molecule has 0 aliphatic carbocycles. The van der Waals surface area contributed by atoms with Crippen LogP contribution in [0.5, 0.6) is 0 Å². The van der Waals surface area contributed by atoms with Gasteiger partial charge in [0.05, 0.1) is 25.8 Å². The van der Waals surface area contributed by atoms with Crippen LogP contribution in [0.1, 0.15) is 47.4 Å². The zero-order chi connectivity index (χ0) is 20.8. The van der Waals surface area contributed by atoms with Gasteiger partial charge in [0, 0.05) is 26.1 Å². The zero-order valence-electron chi connectivity index (χ0n) is 17.5. The van der Waals surface area contributed by atoms with E-state index in [-0.39, 0.29) is 11.7 Å². The summed E-state index contributed by atoms with van der Waals surface area (Å²) in [6, 6.07) is 7.57. The number of benzene rings is 1. The van der Waals surface area contributed by atoms with E-state index < -0.39 is 0 Å². The predicted molar refractivity (Wildman–Crippen MR) is 109 cm³/mol. The Balaban J connectivity index is 1.60. The Kier molecular flexibility index (Phi) is 7.22. The lowest BCUT2D eigenvalue weighted by atomic mass is 9.95. The van der Waals surface area contributed by atoms with Crippen molar-refractivity contribution in [2.45, 2.75) is 45.3 Å². The van der Waals surface area contributed by atoms with Gasteiger partial charge in [0.1, 0.15) is 5.82 Å². The van der Waals surface area contributed by atoms with E-state index in [4.69, 9.17) is 9.47 Å². The van der Waals surface area contributed by atoms with Gasteiger partial charge in [-0.2, -0.15) is 5.10 Å². The van der Waals surface area contributed by atoms with Crippen LogP contribution in [0.2, 0.25) is 0 Å². The normalized spacial score (nSPS) is 15.6. The summed E-state index contributed by atoms with van der Waals surface area (Å²) in [5, 5.41) is 4.61. The number of carbonyl (C=O) groups is 1. The number of piperidine rings is 1. The highest BCUT2D eigenvalue weighted by Gasteiger charge is 2.26. The van der Waals surface area contributed by atoms with Crippen molar-refractivity contribution in [1.82, 2.24) is 19.2 Å². The van der Waals surface area contributed by atoms with Crippen molar-refractivity contribution < 1.29 is 14.3 Å². The molecule has 2 aromatic rings. The second kappa shape index (κ2) is 9.84. The topological polar surface area (TPSA) is 78.6 Å². The van der Waals surface area contributed by atoms with Crippen LogP contribution in [-0.2, 0) is 29.1 Å². The second-order valence-electron chi connectivity index (χ2n) is 7.34. The minimum Gasteiger partial charge on any atom is -0.465 e. The highest BCUT2D eigenvalue weighted by Crippen LogP contribution is 2.27. The molecule has 1 fully saturated rings. The van der Waals surface area contributed by atoms with Crippen molar-refractivity contribution in [3.05, 3.63) is 51.7 Å². The molecule has 8 nitrogen and oxygen atoms in total. The maximum Gasteiger partial charge on any atom is 0.345 e. The average molecular weight is 402 g/mol. The molecular weight excluding hydrogens is 372 g/mol. The lowest BCUT2D eigenvalue weighted by molar-refractivity contribution is 0.0600. The molecule has 0 atom stereocenters. The first kappa shape index (κ1) is 21.3. The third-order valence-electron chi connectivity index (χ3n) is 5.51. The molecule has 1 saturated heterocycles. The molecular formula is C21H30N4O4. The maximum atomic E-state index is 12.5. The number of methoxy groups -OCH3 is 2. The van der Waals surface area contributed by atoms with Crippen molar-refractivity contribution in [3.8, 4) is 0 Å². The van der Waals surface area contributed by atoms with Crippen molar-refractivity contribution >= 4 is 5.97 Å². The summed E-state index contributed by atoms with van der Waals surface area (Å²) >= 11 is 0. The third-order valence-corrected chi connectivity index (χ3v) is 5.51. The number of nitrogens with zero attached hydrogens (tertiary/aromatic N) is 4. The summed E-state index contributed by atoms with van der Waals surface area (Å²) in [5.74, 6) is 0.879. The minimum atomic E-state index is -0.315. The Labute approximate surface area is 171 Å². The largest absolute Gasteiger partial charge is 0.465 e. The van der Waals surface area contributed by atoms with Crippen molar-refractivity contribution in [2.24, 2.45) is 0 Å². The van der Waals surface area contributed by atoms with Crippen LogP contribution in [0.15, 0.2) is 29.1 Å². The maximum absolute atomic E-state index is 12.5. The van der Waals surface area contributed by atoms with E-state index in [0.717, 1.165) is 38.3 Å². The molecule has 29 heavy (non-hydrogen) atoms. The van der Waals surface area contributed by atoms with Crippen LogP contribution < -0.4 is 5.69 Å².